The minimum Gasteiger partial charge on any atom is -0.493 e. The van der Waals surface area contributed by atoms with Gasteiger partial charge in [-0.2, -0.15) is 0 Å². The number of benzene rings is 2. The van der Waals surface area contributed by atoms with Crippen LogP contribution in [-0.4, -0.2) is 71.7 Å². The quantitative estimate of drug-likeness (QED) is 0.330. The minimum absolute atomic E-state index is 0.0609. The van der Waals surface area contributed by atoms with Crippen LogP contribution in [0.3, 0.4) is 0 Å². The van der Waals surface area contributed by atoms with Crippen LogP contribution in [0.5, 0.6) is 11.5 Å². The van der Waals surface area contributed by atoms with Crippen LogP contribution < -0.4 is 14.8 Å². The Morgan fingerprint density at radius 1 is 1.08 bits per heavy atom. The summed E-state index contributed by atoms with van der Waals surface area (Å²) < 4.78 is 18.4. The van der Waals surface area contributed by atoms with Crippen LogP contribution in [0.25, 0.3) is 11.0 Å². The number of nitrogens with one attached hydrogen (secondary N) is 1. The number of fused-ring (bicyclic) bond motifs is 1. The van der Waals surface area contributed by atoms with Gasteiger partial charge in [-0.15, -0.1) is 5.10 Å². The summed E-state index contributed by atoms with van der Waals surface area (Å²) in [5, 5.41) is 11.6. The van der Waals surface area contributed by atoms with E-state index >= 15 is 0 Å². The highest BCUT2D eigenvalue weighted by molar-refractivity contribution is 5.90. The van der Waals surface area contributed by atoms with Crippen molar-refractivity contribution in [1.82, 2.24) is 25.2 Å². The fraction of sp³-hybridized carbons (Fsp3) is 0.517. The molecule has 0 spiro atoms. The first kappa shape index (κ1) is 28.4. The number of para-hydroxylation sites is 2. The summed E-state index contributed by atoms with van der Waals surface area (Å²) in [5.41, 5.74) is 2.02. The summed E-state index contributed by atoms with van der Waals surface area (Å²) in [6.45, 7) is 3.23. The maximum Gasteiger partial charge on any atom is 0.247 e. The highest BCUT2D eigenvalue weighted by Gasteiger charge is 2.35. The molecule has 1 aliphatic carbocycles. The Kier molecular flexibility index (Phi) is 10.1. The molecule has 1 aromatic heterocycles. The Balaban J connectivity index is 1.72. The summed E-state index contributed by atoms with van der Waals surface area (Å²) in [5.74, 6) is 0.435. The van der Waals surface area contributed by atoms with Gasteiger partial charge >= 0.3 is 0 Å². The van der Waals surface area contributed by atoms with Crippen molar-refractivity contribution in [3.63, 3.8) is 0 Å². The summed E-state index contributed by atoms with van der Waals surface area (Å²) >= 11 is 0. The lowest BCUT2D eigenvalue weighted by Gasteiger charge is -2.34. The van der Waals surface area contributed by atoms with Gasteiger partial charge in [-0.25, -0.2) is 4.68 Å². The number of nitrogens with zero attached hydrogens (tertiary/aromatic N) is 4. The molecule has 10 heteroatoms. The Hall–Kier alpha value is -3.66. The number of hydrogen-bond donors (Lipinski definition) is 1. The molecular formula is C29H39N5O5. The normalized spacial score (nSPS) is 14.6. The zero-order chi connectivity index (χ0) is 27.6. The van der Waals surface area contributed by atoms with E-state index in [9.17, 15) is 9.59 Å². The van der Waals surface area contributed by atoms with Crippen LogP contribution in [0.15, 0.2) is 42.5 Å². The molecule has 0 saturated heterocycles. The van der Waals surface area contributed by atoms with Gasteiger partial charge in [0.2, 0.25) is 11.8 Å². The summed E-state index contributed by atoms with van der Waals surface area (Å²) in [4.78, 5) is 29.7. The first-order valence-corrected chi connectivity index (χ1v) is 13.7. The van der Waals surface area contributed by atoms with Gasteiger partial charge in [-0.1, -0.05) is 48.7 Å². The van der Waals surface area contributed by atoms with Gasteiger partial charge in [0, 0.05) is 31.4 Å². The number of carbonyl (C=O) groups excluding carboxylic acids is 2. The lowest BCUT2D eigenvalue weighted by molar-refractivity contribution is -0.142. The second-order valence-electron chi connectivity index (χ2n) is 9.70. The monoisotopic (exact) mass is 537 g/mol. The molecular weight excluding hydrogens is 498 g/mol. The molecule has 4 rings (SSSR count). The largest absolute Gasteiger partial charge is 0.493 e. The van der Waals surface area contributed by atoms with Crippen molar-refractivity contribution in [3.05, 3.63) is 48.0 Å². The molecule has 1 atom stereocenters. The SMILES string of the molecule is CCOCCCN(C(=O)Cn1nnc2ccccc21)[C@@H](C(=O)NC1CCCCC1)c1cccc(OC)c1OC. The Morgan fingerprint density at radius 3 is 2.62 bits per heavy atom. The molecule has 39 heavy (non-hydrogen) atoms. The molecule has 1 N–H and O–H groups in total. The molecule has 1 fully saturated rings. The zero-order valence-electron chi connectivity index (χ0n) is 23.1. The third-order valence-corrected chi connectivity index (χ3v) is 7.16. The number of hydrogen-bond acceptors (Lipinski definition) is 7. The summed E-state index contributed by atoms with van der Waals surface area (Å²) in [7, 11) is 3.10. The lowest BCUT2D eigenvalue weighted by atomic mass is 9.94. The van der Waals surface area contributed by atoms with E-state index in [1.54, 1.807) is 29.9 Å². The van der Waals surface area contributed by atoms with Crippen molar-refractivity contribution in [2.24, 2.45) is 0 Å². The van der Waals surface area contributed by atoms with Crippen LogP contribution in [0.1, 0.15) is 57.1 Å². The number of rotatable bonds is 13. The van der Waals surface area contributed by atoms with Gasteiger partial charge in [-0.05, 0) is 44.4 Å². The highest BCUT2D eigenvalue weighted by atomic mass is 16.5. The molecule has 0 aliphatic heterocycles. The molecule has 2 aromatic carbocycles. The van der Waals surface area contributed by atoms with E-state index in [-0.39, 0.29) is 24.4 Å². The lowest BCUT2D eigenvalue weighted by Crippen LogP contribution is -2.48. The van der Waals surface area contributed by atoms with Gasteiger partial charge in [-0.3, -0.25) is 9.59 Å². The van der Waals surface area contributed by atoms with E-state index < -0.39 is 6.04 Å². The van der Waals surface area contributed by atoms with Crippen LogP contribution >= 0.6 is 0 Å². The standard InChI is InChI=1S/C29H39N5O5/c1-4-39-19-11-18-33(26(35)20-34-24-16-9-8-15-23(24)31-32-34)27(29(36)30-21-12-6-5-7-13-21)22-14-10-17-25(37-2)28(22)38-3/h8-10,14-17,21,27H,4-7,11-13,18-20H2,1-3H3,(H,30,36)/t27-/m1/s1. The zero-order valence-corrected chi connectivity index (χ0v) is 23.1. The van der Waals surface area contributed by atoms with Crippen molar-refractivity contribution in [3.8, 4) is 11.5 Å². The number of amides is 2. The molecule has 1 saturated carbocycles. The fourth-order valence-electron chi connectivity index (χ4n) is 5.24. The van der Waals surface area contributed by atoms with Crippen molar-refractivity contribution in [2.45, 2.75) is 64.1 Å². The van der Waals surface area contributed by atoms with Gasteiger partial charge in [0.05, 0.1) is 19.7 Å². The molecule has 1 heterocycles. The van der Waals surface area contributed by atoms with Crippen LogP contribution in [-0.2, 0) is 20.9 Å². The first-order valence-electron chi connectivity index (χ1n) is 13.7. The smallest absolute Gasteiger partial charge is 0.247 e. The van der Waals surface area contributed by atoms with E-state index in [2.05, 4.69) is 15.6 Å². The first-order chi connectivity index (χ1) is 19.1. The molecule has 0 radical (unpaired) electrons. The third-order valence-electron chi connectivity index (χ3n) is 7.16. The Bertz CT molecular complexity index is 1240. The Morgan fingerprint density at radius 2 is 1.87 bits per heavy atom. The summed E-state index contributed by atoms with van der Waals surface area (Å²) in [6, 6.07) is 12.0. The van der Waals surface area contributed by atoms with Crippen molar-refractivity contribution < 1.29 is 23.8 Å². The second-order valence-corrected chi connectivity index (χ2v) is 9.70. The van der Waals surface area contributed by atoms with Crippen LogP contribution in [0.2, 0.25) is 0 Å². The molecule has 1 aliphatic rings. The van der Waals surface area contributed by atoms with Gasteiger partial charge in [0.25, 0.3) is 0 Å². The number of ether oxygens (including phenoxy) is 3. The fourth-order valence-corrected chi connectivity index (χ4v) is 5.24. The van der Waals surface area contributed by atoms with Crippen LogP contribution in [0, 0.1) is 0 Å². The Labute approximate surface area is 229 Å². The molecule has 3 aromatic rings. The maximum absolute atomic E-state index is 14.1. The van der Waals surface area contributed by atoms with Gasteiger partial charge in [0.1, 0.15) is 18.1 Å². The average molecular weight is 538 g/mol. The molecule has 0 bridgehead atoms. The van der Waals surface area contributed by atoms with E-state index in [1.807, 2.05) is 43.3 Å². The van der Waals surface area contributed by atoms with E-state index in [0.717, 1.165) is 31.2 Å². The highest BCUT2D eigenvalue weighted by Crippen LogP contribution is 2.38. The second kappa shape index (κ2) is 13.9. The van der Waals surface area contributed by atoms with Crippen molar-refractivity contribution in [2.75, 3.05) is 34.0 Å². The van der Waals surface area contributed by atoms with Crippen LogP contribution in [0.4, 0.5) is 0 Å². The molecule has 2 amide bonds. The van der Waals surface area contributed by atoms with Crippen molar-refractivity contribution in [1.29, 1.82) is 0 Å². The van der Waals surface area contributed by atoms with E-state index in [1.165, 1.54) is 6.42 Å². The number of aromatic nitrogens is 3. The van der Waals surface area contributed by atoms with Gasteiger partial charge in [0.15, 0.2) is 11.5 Å². The predicted molar refractivity (Wildman–Crippen MR) is 148 cm³/mol. The summed E-state index contributed by atoms with van der Waals surface area (Å²) in [6.07, 6.45) is 5.75. The average Bonchev–Trinajstić information content (AvgIpc) is 3.37. The topological polar surface area (TPSA) is 108 Å². The number of methoxy groups -OCH3 is 2. The number of carbonyl (C=O) groups is 2. The van der Waals surface area contributed by atoms with E-state index in [4.69, 9.17) is 14.2 Å². The van der Waals surface area contributed by atoms with Crippen molar-refractivity contribution >= 4 is 22.8 Å². The van der Waals surface area contributed by atoms with E-state index in [0.29, 0.717) is 48.8 Å². The van der Waals surface area contributed by atoms with Gasteiger partial charge < -0.3 is 24.4 Å². The molecule has 0 unspecified atom stereocenters. The molecule has 210 valence electrons. The third kappa shape index (κ3) is 6.86. The predicted octanol–water partition coefficient (Wildman–Crippen LogP) is 3.89. The molecule has 10 nitrogen and oxygen atoms in total. The minimum atomic E-state index is -0.930. The maximum atomic E-state index is 14.1.